The lowest BCUT2D eigenvalue weighted by molar-refractivity contribution is -0.735. The Bertz CT molecular complexity index is 3020. The molecule has 0 unspecified atom stereocenters. The zero-order valence-electron chi connectivity index (χ0n) is 31.7. The molecule has 8 aromatic rings. The number of tetrazole rings is 2. The summed E-state index contributed by atoms with van der Waals surface area (Å²) in [6, 6.07) is 34.0. The average molecular weight is 821 g/mol. The second kappa shape index (κ2) is 15.7. The highest BCUT2D eigenvalue weighted by Gasteiger charge is 2.29. The lowest BCUT2D eigenvalue weighted by atomic mass is 10.0. The normalized spacial score (nSPS) is 11.0. The van der Waals surface area contributed by atoms with Crippen LogP contribution in [0.25, 0.3) is 56.7 Å². The van der Waals surface area contributed by atoms with E-state index in [1.165, 1.54) is 123 Å². The molecule has 0 saturated heterocycles. The van der Waals surface area contributed by atoms with Crippen LogP contribution in [-0.4, -0.2) is 56.8 Å². The first kappa shape index (κ1) is 38.7. The number of methoxy groups -OCH3 is 1. The van der Waals surface area contributed by atoms with E-state index in [0.29, 0.717) is 39.6 Å². The fraction of sp³-hybridized carbons (Fsp3) is 0.0500. The molecule has 0 saturated carbocycles. The Morgan fingerprint density at radius 1 is 0.475 bits per heavy atom. The van der Waals surface area contributed by atoms with E-state index in [0.717, 1.165) is 16.7 Å². The Balaban J connectivity index is 1.18. The first-order chi connectivity index (χ1) is 29.4. The molecule has 6 aromatic carbocycles. The van der Waals surface area contributed by atoms with Gasteiger partial charge in [-0.15, -0.1) is 0 Å². The van der Waals surface area contributed by atoms with Crippen LogP contribution in [0.3, 0.4) is 0 Å². The highest BCUT2D eigenvalue weighted by molar-refractivity contribution is 5.69. The summed E-state index contributed by atoms with van der Waals surface area (Å²) < 4.78 is 5.87. The minimum Gasteiger partial charge on any atom is -0.492 e. The van der Waals surface area contributed by atoms with Crippen LogP contribution in [0.5, 0.6) is 5.75 Å². The van der Waals surface area contributed by atoms with Crippen molar-refractivity contribution in [2.75, 3.05) is 7.11 Å². The Morgan fingerprint density at radius 3 is 1.20 bits per heavy atom. The maximum absolute atomic E-state index is 11.4. The van der Waals surface area contributed by atoms with Crippen LogP contribution < -0.4 is 14.3 Å². The van der Waals surface area contributed by atoms with Crippen molar-refractivity contribution >= 4 is 22.7 Å². The van der Waals surface area contributed by atoms with Gasteiger partial charge in [0.15, 0.2) is 11.4 Å². The van der Waals surface area contributed by atoms with Gasteiger partial charge in [-0.2, -0.15) is 0 Å². The van der Waals surface area contributed by atoms with Crippen molar-refractivity contribution in [3.63, 3.8) is 0 Å². The van der Waals surface area contributed by atoms with Crippen LogP contribution in [-0.2, 0) is 0 Å². The van der Waals surface area contributed by atoms with E-state index in [1.807, 2.05) is 31.2 Å². The molecule has 300 valence electrons. The second-order valence-corrected chi connectivity index (χ2v) is 13.2. The van der Waals surface area contributed by atoms with Crippen LogP contribution in [0.15, 0.2) is 133 Å². The predicted octanol–water partition coefficient (Wildman–Crippen LogP) is 6.35. The standard InChI is InChI=1S/C40H28N12O9/c1-25-23-28(7-21-36(25)47-43-39(26-3-9-32(10-4-26)49(53)54)41-45(47)30-13-17-34(18-14-30)51(57)58)29-8-22-37(38(24-29)61-2)48-44-40(27-5-11-33(12-6-27)50(55)56)42-46(48)31-15-19-35(20-16-31)52(59)60/h3-24H,1-2H3/q+2. The van der Waals surface area contributed by atoms with E-state index in [-0.39, 0.29) is 34.4 Å². The Kier molecular flexibility index (Phi) is 9.94. The largest absolute Gasteiger partial charge is 0.492 e. The van der Waals surface area contributed by atoms with Crippen molar-refractivity contribution < 1.29 is 34.0 Å². The number of ether oxygens (including phenoxy) is 1. The number of rotatable bonds is 12. The fourth-order valence-corrected chi connectivity index (χ4v) is 6.41. The SMILES string of the molecule is COc1cc(-c2ccc(-[n+]3nc(-c4ccc([N+](=O)[O-])cc4)nn3-c3ccc([N+](=O)[O-])cc3)c(C)c2)ccc1-[n+]1nc(-c2ccc([N+](=O)[O-])cc2)nn1-c1ccc([N+](=O)[O-])cc1. The average Bonchev–Trinajstić information content (AvgIpc) is 3.92. The van der Waals surface area contributed by atoms with Crippen molar-refractivity contribution in [1.29, 1.82) is 0 Å². The molecule has 0 fully saturated rings. The zero-order chi connectivity index (χ0) is 42.9. The smallest absolute Gasteiger partial charge is 0.340 e. The molecule has 0 atom stereocenters. The zero-order valence-corrected chi connectivity index (χ0v) is 31.7. The minimum absolute atomic E-state index is 0.0977. The van der Waals surface area contributed by atoms with E-state index in [9.17, 15) is 40.5 Å². The summed E-state index contributed by atoms with van der Waals surface area (Å²) in [7, 11) is 1.49. The molecule has 2 aromatic heterocycles. The first-order valence-electron chi connectivity index (χ1n) is 18.0. The summed E-state index contributed by atoms with van der Waals surface area (Å²) in [5.41, 5.74) is 4.80. The van der Waals surface area contributed by atoms with Crippen LogP contribution in [0.2, 0.25) is 0 Å². The van der Waals surface area contributed by atoms with Crippen LogP contribution in [0.1, 0.15) is 5.56 Å². The molecule has 8 rings (SSSR count). The van der Waals surface area contributed by atoms with E-state index in [1.54, 1.807) is 12.1 Å². The Morgan fingerprint density at radius 2 is 0.820 bits per heavy atom. The summed E-state index contributed by atoms with van der Waals surface area (Å²) in [5.74, 6) is 0.837. The summed E-state index contributed by atoms with van der Waals surface area (Å²) in [5, 5.41) is 64.1. The number of aryl methyl sites for hydroxylation is 1. The molecule has 0 N–H and O–H groups in total. The maximum Gasteiger partial charge on any atom is 0.340 e. The Hall–Kier alpha value is -9.14. The first-order valence-corrected chi connectivity index (χ1v) is 18.0. The van der Waals surface area contributed by atoms with Gasteiger partial charge in [-0.1, -0.05) is 0 Å². The van der Waals surface area contributed by atoms with Crippen LogP contribution >= 0.6 is 0 Å². The van der Waals surface area contributed by atoms with Crippen molar-refractivity contribution in [1.82, 2.24) is 30.0 Å². The lowest BCUT2D eigenvalue weighted by Gasteiger charge is -2.10. The maximum atomic E-state index is 11.4. The summed E-state index contributed by atoms with van der Waals surface area (Å²) in [6.07, 6.45) is 0. The van der Waals surface area contributed by atoms with Gasteiger partial charge in [0.05, 0.1) is 48.1 Å². The molecule has 0 amide bonds. The highest BCUT2D eigenvalue weighted by Crippen LogP contribution is 2.30. The molecule has 0 aliphatic heterocycles. The summed E-state index contributed by atoms with van der Waals surface area (Å²) >= 11 is 0. The molecule has 0 aliphatic rings. The van der Waals surface area contributed by atoms with Gasteiger partial charge in [0.2, 0.25) is 5.69 Å². The number of aromatic nitrogens is 8. The van der Waals surface area contributed by atoms with Gasteiger partial charge in [0, 0.05) is 63.7 Å². The van der Waals surface area contributed by atoms with Gasteiger partial charge in [-0.05, 0) is 123 Å². The predicted molar refractivity (Wildman–Crippen MR) is 214 cm³/mol. The minimum atomic E-state index is -0.515. The van der Waals surface area contributed by atoms with E-state index in [2.05, 4.69) is 10.2 Å². The van der Waals surface area contributed by atoms with Crippen molar-refractivity contribution in [3.05, 3.63) is 179 Å². The summed E-state index contributed by atoms with van der Waals surface area (Å²) in [6.45, 7) is 1.88. The highest BCUT2D eigenvalue weighted by atomic mass is 16.6. The fourth-order valence-electron chi connectivity index (χ4n) is 6.41. The number of nitro groups is 4. The van der Waals surface area contributed by atoms with E-state index < -0.39 is 19.7 Å². The third-order valence-electron chi connectivity index (χ3n) is 9.51. The number of nitro benzene ring substituents is 4. The topological polar surface area (TPSA) is 251 Å². The molecule has 0 spiro atoms. The van der Waals surface area contributed by atoms with Crippen LogP contribution in [0, 0.1) is 47.4 Å². The number of hydrogen-bond donors (Lipinski definition) is 0. The Labute approximate surface area is 342 Å². The lowest BCUT2D eigenvalue weighted by Crippen LogP contribution is -2.43. The third kappa shape index (κ3) is 7.54. The second-order valence-electron chi connectivity index (χ2n) is 13.2. The monoisotopic (exact) mass is 820 g/mol. The van der Waals surface area contributed by atoms with Crippen molar-refractivity contribution in [2.24, 2.45) is 0 Å². The molecule has 2 heterocycles. The van der Waals surface area contributed by atoms with Crippen LogP contribution in [0.4, 0.5) is 22.7 Å². The molecule has 0 bridgehead atoms. The molecule has 21 nitrogen and oxygen atoms in total. The van der Waals surface area contributed by atoms with Gasteiger partial charge in [0.25, 0.3) is 22.7 Å². The number of hydrogen-bond acceptors (Lipinski definition) is 13. The van der Waals surface area contributed by atoms with Crippen molar-refractivity contribution in [3.8, 4) is 62.4 Å². The molecule has 0 radical (unpaired) electrons. The van der Waals surface area contributed by atoms with Gasteiger partial charge < -0.3 is 4.74 Å². The number of benzene rings is 6. The molecular formula is C40H28N12O9+2. The van der Waals surface area contributed by atoms with E-state index in [4.69, 9.17) is 14.9 Å². The third-order valence-corrected chi connectivity index (χ3v) is 9.51. The van der Waals surface area contributed by atoms with Gasteiger partial charge in [-0.25, -0.2) is 0 Å². The molecule has 0 aliphatic carbocycles. The van der Waals surface area contributed by atoms with Gasteiger partial charge in [-0.3, -0.25) is 40.5 Å². The summed E-state index contributed by atoms with van der Waals surface area (Å²) in [4.78, 5) is 49.2. The molecule has 21 heteroatoms. The molecular weight excluding hydrogens is 793 g/mol. The number of non-ortho nitro benzene ring substituents is 4. The van der Waals surface area contributed by atoms with Gasteiger partial charge >= 0.3 is 11.6 Å². The van der Waals surface area contributed by atoms with Crippen molar-refractivity contribution in [2.45, 2.75) is 6.92 Å². The van der Waals surface area contributed by atoms with E-state index >= 15 is 0 Å². The van der Waals surface area contributed by atoms with Gasteiger partial charge in [0.1, 0.15) is 11.4 Å². The number of nitrogens with zero attached hydrogens (tertiary/aromatic N) is 12. The molecule has 61 heavy (non-hydrogen) atoms. The quantitative estimate of drug-likeness (QED) is 0.0741.